The lowest BCUT2D eigenvalue weighted by Crippen LogP contribution is -2.37. The smallest absolute Gasteiger partial charge is 0.255 e. The van der Waals surface area contributed by atoms with Gasteiger partial charge in [0.2, 0.25) is 0 Å². The average molecular weight is 335 g/mol. The van der Waals surface area contributed by atoms with Gasteiger partial charge in [-0.05, 0) is 60.2 Å². The van der Waals surface area contributed by atoms with Crippen molar-refractivity contribution >= 4 is 10.8 Å². The van der Waals surface area contributed by atoms with E-state index in [0.717, 1.165) is 43.6 Å². The van der Waals surface area contributed by atoms with Crippen LogP contribution in [-0.2, 0) is 6.54 Å². The molecule has 0 spiro atoms. The monoisotopic (exact) mass is 335 g/mol. The maximum atomic E-state index is 11.8. The van der Waals surface area contributed by atoms with E-state index in [-0.39, 0.29) is 11.7 Å². The predicted molar refractivity (Wildman–Crippen MR) is 97.7 cm³/mol. The van der Waals surface area contributed by atoms with Gasteiger partial charge in [0.15, 0.2) is 0 Å². The van der Waals surface area contributed by atoms with Gasteiger partial charge in [0.05, 0.1) is 0 Å². The van der Waals surface area contributed by atoms with Gasteiger partial charge >= 0.3 is 0 Å². The molecule has 0 unspecified atom stereocenters. The fourth-order valence-corrected chi connectivity index (χ4v) is 3.37. The second-order valence-corrected chi connectivity index (χ2v) is 6.50. The van der Waals surface area contributed by atoms with E-state index in [0.29, 0.717) is 5.39 Å². The molecule has 5 nitrogen and oxygen atoms in total. The van der Waals surface area contributed by atoms with Crippen molar-refractivity contribution in [2.75, 3.05) is 13.1 Å². The van der Waals surface area contributed by atoms with E-state index in [1.54, 1.807) is 6.20 Å². The van der Waals surface area contributed by atoms with Crippen LogP contribution in [0.4, 0.5) is 0 Å². The van der Waals surface area contributed by atoms with Crippen LogP contribution in [0.25, 0.3) is 10.8 Å². The molecule has 0 radical (unpaired) electrons. The Hall–Kier alpha value is -2.66. The number of pyridine rings is 2. The average Bonchev–Trinajstić information content (AvgIpc) is 2.64. The molecule has 128 valence electrons. The minimum absolute atomic E-state index is 0.0616. The summed E-state index contributed by atoms with van der Waals surface area (Å²) in [6.45, 7) is 3.02. The molecule has 1 N–H and O–H groups in total. The summed E-state index contributed by atoms with van der Waals surface area (Å²) in [7, 11) is 0. The number of aromatic amines is 1. The van der Waals surface area contributed by atoms with Crippen LogP contribution in [0.3, 0.4) is 0 Å². The predicted octanol–water partition coefficient (Wildman–Crippen LogP) is 2.97. The van der Waals surface area contributed by atoms with Gasteiger partial charge in [0.1, 0.15) is 11.9 Å². The molecule has 1 aliphatic rings. The first-order chi connectivity index (χ1) is 12.3. The number of hydrogen-bond donors (Lipinski definition) is 1. The van der Waals surface area contributed by atoms with Crippen LogP contribution in [0.5, 0.6) is 5.75 Å². The topological polar surface area (TPSA) is 58.2 Å². The number of rotatable bonds is 4. The van der Waals surface area contributed by atoms with E-state index in [4.69, 9.17) is 4.74 Å². The first kappa shape index (κ1) is 15.8. The molecule has 1 fully saturated rings. The summed E-state index contributed by atoms with van der Waals surface area (Å²) < 4.78 is 6.15. The summed E-state index contributed by atoms with van der Waals surface area (Å²) in [6, 6.07) is 11.7. The van der Waals surface area contributed by atoms with Crippen molar-refractivity contribution in [1.82, 2.24) is 14.9 Å². The van der Waals surface area contributed by atoms with Crippen LogP contribution < -0.4 is 10.3 Å². The quantitative estimate of drug-likeness (QED) is 0.796. The molecule has 0 bridgehead atoms. The molecule has 1 aromatic carbocycles. The number of nitrogens with zero attached hydrogens (tertiary/aromatic N) is 2. The summed E-state index contributed by atoms with van der Waals surface area (Å²) >= 11 is 0. The number of benzene rings is 1. The summed E-state index contributed by atoms with van der Waals surface area (Å²) in [5.74, 6) is 0.839. The third-order valence-corrected chi connectivity index (χ3v) is 4.74. The van der Waals surface area contributed by atoms with Gasteiger partial charge in [0, 0.05) is 43.6 Å². The lowest BCUT2D eigenvalue weighted by atomic mass is 10.1. The minimum atomic E-state index is -0.0616. The Morgan fingerprint density at radius 3 is 2.72 bits per heavy atom. The van der Waals surface area contributed by atoms with Gasteiger partial charge in [0.25, 0.3) is 5.56 Å². The molecular weight excluding hydrogens is 314 g/mol. The molecule has 0 saturated carbocycles. The fraction of sp³-hybridized carbons (Fsp3) is 0.300. The zero-order chi connectivity index (χ0) is 17.1. The van der Waals surface area contributed by atoms with Crippen molar-refractivity contribution in [3.05, 3.63) is 70.9 Å². The number of aromatic nitrogens is 2. The first-order valence-corrected chi connectivity index (χ1v) is 8.67. The normalized spacial score (nSPS) is 16.2. The van der Waals surface area contributed by atoms with Crippen LogP contribution in [0.15, 0.2) is 59.8 Å². The van der Waals surface area contributed by atoms with E-state index >= 15 is 0 Å². The van der Waals surface area contributed by atoms with Crippen molar-refractivity contribution < 1.29 is 4.74 Å². The zero-order valence-electron chi connectivity index (χ0n) is 14.0. The number of piperidine rings is 1. The number of H-pyrrole nitrogens is 1. The first-order valence-electron chi connectivity index (χ1n) is 8.67. The summed E-state index contributed by atoms with van der Waals surface area (Å²) in [5, 5.41) is 1.61. The molecule has 5 heteroatoms. The van der Waals surface area contributed by atoms with Crippen LogP contribution >= 0.6 is 0 Å². The number of hydrogen-bond acceptors (Lipinski definition) is 4. The highest BCUT2D eigenvalue weighted by Crippen LogP contribution is 2.23. The number of likely N-dealkylation sites (tertiary alicyclic amines) is 1. The number of fused-ring (bicyclic) bond motifs is 1. The van der Waals surface area contributed by atoms with Gasteiger partial charge in [-0.3, -0.25) is 14.7 Å². The van der Waals surface area contributed by atoms with Gasteiger partial charge in [-0.1, -0.05) is 0 Å². The fourth-order valence-electron chi connectivity index (χ4n) is 3.37. The largest absolute Gasteiger partial charge is 0.490 e. The molecule has 0 atom stereocenters. The molecule has 4 rings (SSSR count). The summed E-state index contributed by atoms with van der Waals surface area (Å²) in [5.41, 5.74) is 1.24. The third-order valence-electron chi connectivity index (χ3n) is 4.74. The Labute approximate surface area is 146 Å². The lowest BCUT2D eigenvalue weighted by Gasteiger charge is -2.32. The van der Waals surface area contributed by atoms with Crippen molar-refractivity contribution in [2.24, 2.45) is 0 Å². The van der Waals surface area contributed by atoms with E-state index in [1.807, 2.05) is 36.7 Å². The molecule has 2 aromatic heterocycles. The van der Waals surface area contributed by atoms with Crippen LogP contribution in [0.2, 0.25) is 0 Å². The van der Waals surface area contributed by atoms with Crippen molar-refractivity contribution in [3.63, 3.8) is 0 Å². The maximum absolute atomic E-state index is 11.8. The molecular formula is C20H21N3O2. The third kappa shape index (κ3) is 3.72. The van der Waals surface area contributed by atoms with Crippen LogP contribution in [0.1, 0.15) is 18.4 Å². The molecule has 1 saturated heterocycles. The van der Waals surface area contributed by atoms with E-state index < -0.39 is 0 Å². The Bertz CT molecular complexity index is 899. The Kier molecular flexibility index (Phi) is 4.48. The Balaban J connectivity index is 1.36. The molecule has 25 heavy (non-hydrogen) atoms. The van der Waals surface area contributed by atoms with E-state index in [1.165, 1.54) is 5.56 Å². The Morgan fingerprint density at radius 1 is 1.12 bits per heavy atom. The summed E-state index contributed by atoms with van der Waals surface area (Å²) in [4.78, 5) is 21.0. The number of nitrogens with one attached hydrogen (secondary N) is 1. The molecule has 0 amide bonds. The maximum Gasteiger partial charge on any atom is 0.255 e. The van der Waals surface area contributed by atoms with Crippen molar-refractivity contribution in [3.8, 4) is 5.75 Å². The minimum Gasteiger partial charge on any atom is -0.490 e. The van der Waals surface area contributed by atoms with Gasteiger partial charge in [-0.2, -0.15) is 0 Å². The van der Waals surface area contributed by atoms with E-state index in [9.17, 15) is 4.79 Å². The zero-order valence-corrected chi connectivity index (χ0v) is 14.0. The van der Waals surface area contributed by atoms with E-state index in [2.05, 4.69) is 27.0 Å². The van der Waals surface area contributed by atoms with Crippen LogP contribution in [0, 0.1) is 0 Å². The highest BCUT2D eigenvalue weighted by molar-refractivity contribution is 5.82. The Morgan fingerprint density at radius 2 is 1.92 bits per heavy atom. The van der Waals surface area contributed by atoms with Crippen molar-refractivity contribution in [2.45, 2.75) is 25.5 Å². The standard InChI is InChI=1S/C20H21N3O2/c24-20-19-2-1-18(13-16(19)5-10-22-20)25-17-6-11-23(12-7-17)14-15-3-8-21-9-4-15/h1-5,8-10,13,17H,6-7,11-12,14H2,(H,22,24). The SMILES string of the molecule is O=c1[nH]ccc2cc(OC3CCN(Cc4ccncc4)CC3)ccc12. The van der Waals surface area contributed by atoms with Crippen molar-refractivity contribution in [1.29, 1.82) is 0 Å². The summed E-state index contributed by atoms with van der Waals surface area (Å²) in [6.07, 6.45) is 7.61. The van der Waals surface area contributed by atoms with Crippen LogP contribution in [-0.4, -0.2) is 34.1 Å². The molecule has 1 aliphatic heterocycles. The molecule has 3 aromatic rings. The number of ether oxygens (including phenoxy) is 1. The van der Waals surface area contributed by atoms with Gasteiger partial charge in [-0.15, -0.1) is 0 Å². The molecule has 0 aliphatic carbocycles. The highest BCUT2D eigenvalue weighted by atomic mass is 16.5. The second kappa shape index (κ2) is 7.07. The molecule has 3 heterocycles. The van der Waals surface area contributed by atoms with Gasteiger partial charge in [-0.25, -0.2) is 0 Å². The lowest BCUT2D eigenvalue weighted by molar-refractivity contribution is 0.0969. The highest BCUT2D eigenvalue weighted by Gasteiger charge is 2.20. The second-order valence-electron chi connectivity index (χ2n) is 6.50. The van der Waals surface area contributed by atoms with Gasteiger partial charge < -0.3 is 9.72 Å².